The molecule has 0 radical (unpaired) electrons. The number of hydrogen-bond donors (Lipinski definition) is 1. The lowest BCUT2D eigenvalue weighted by atomic mass is 9.97. The Labute approximate surface area is 117 Å². The third-order valence-electron chi connectivity index (χ3n) is 3.58. The lowest BCUT2D eigenvalue weighted by Gasteiger charge is -2.11. The van der Waals surface area contributed by atoms with Crippen LogP contribution < -0.4 is 5.73 Å². The Hall–Kier alpha value is -1.52. The van der Waals surface area contributed by atoms with Gasteiger partial charge >= 0.3 is 0 Å². The lowest BCUT2D eigenvalue weighted by Crippen LogP contribution is -1.98. The van der Waals surface area contributed by atoms with Gasteiger partial charge in [0.15, 0.2) is 0 Å². The fourth-order valence-corrected chi connectivity index (χ4v) is 2.75. The van der Waals surface area contributed by atoms with Crippen LogP contribution in [0.2, 0.25) is 5.02 Å². The number of nitrogen functional groups attached to an aromatic ring is 1. The molecule has 1 atom stereocenters. The van der Waals surface area contributed by atoms with Crippen LogP contribution in [0.5, 0.6) is 0 Å². The summed E-state index contributed by atoms with van der Waals surface area (Å²) in [6.07, 6.45) is 1.04. The number of anilines is 1. The van der Waals surface area contributed by atoms with Crippen molar-refractivity contribution in [1.29, 1.82) is 0 Å². The van der Waals surface area contributed by atoms with Gasteiger partial charge in [-0.1, -0.05) is 23.7 Å². The molecule has 0 amide bonds. The van der Waals surface area contributed by atoms with Crippen LogP contribution in [0, 0.1) is 0 Å². The molecule has 1 unspecified atom stereocenters. The van der Waals surface area contributed by atoms with Crippen molar-refractivity contribution in [3.8, 4) is 11.3 Å². The van der Waals surface area contributed by atoms with Gasteiger partial charge in [0.05, 0.1) is 12.3 Å². The summed E-state index contributed by atoms with van der Waals surface area (Å²) in [4.78, 5) is 0. The first-order valence-electron chi connectivity index (χ1n) is 6.32. The average molecular weight is 278 g/mol. The van der Waals surface area contributed by atoms with Crippen LogP contribution in [-0.4, -0.2) is 23.0 Å². The second-order valence-electron chi connectivity index (χ2n) is 4.87. The maximum atomic E-state index is 6.38. The number of ether oxygens (including phenoxy) is 1. The molecule has 1 aromatic carbocycles. The van der Waals surface area contributed by atoms with Crippen LogP contribution in [0.1, 0.15) is 17.9 Å². The van der Waals surface area contributed by atoms with E-state index >= 15 is 0 Å². The molecule has 0 aliphatic carbocycles. The fourth-order valence-electron chi connectivity index (χ4n) is 2.42. The monoisotopic (exact) mass is 277 g/mol. The van der Waals surface area contributed by atoms with Gasteiger partial charge in [0.1, 0.15) is 5.82 Å². The van der Waals surface area contributed by atoms with Crippen molar-refractivity contribution in [1.82, 2.24) is 9.78 Å². The van der Waals surface area contributed by atoms with Crippen molar-refractivity contribution < 1.29 is 4.74 Å². The molecule has 3 rings (SSSR count). The number of halogens is 1. The zero-order valence-electron chi connectivity index (χ0n) is 10.8. The molecule has 2 heterocycles. The quantitative estimate of drug-likeness (QED) is 0.918. The normalized spacial score (nSPS) is 18.9. The van der Waals surface area contributed by atoms with E-state index in [1.807, 2.05) is 25.2 Å². The van der Waals surface area contributed by atoms with Crippen molar-refractivity contribution in [2.45, 2.75) is 12.3 Å². The van der Waals surface area contributed by atoms with Crippen LogP contribution in [0.25, 0.3) is 11.3 Å². The highest BCUT2D eigenvalue weighted by atomic mass is 35.5. The summed E-state index contributed by atoms with van der Waals surface area (Å²) < 4.78 is 7.06. The number of hydrogen-bond acceptors (Lipinski definition) is 3. The van der Waals surface area contributed by atoms with E-state index in [2.05, 4.69) is 11.2 Å². The zero-order chi connectivity index (χ0) is 13.4. The Morgan fingerprint density at radius 3 is 2.84 bits per heavy atom. The van der Waals surface area contributed by atoms with Crippen molar-refractivity contribution >= 4 is 17.4 Å². The van der Waals surface area contributed by atoms with Gasteiger partial charge in [-0.05, 0) is 18.1 Å². The summed E-state index contributed by atoms with van der Waals surface area (Å²) in [6.45, 7) is 1.58. The van der Waals surface area contributed by atoms with Crippen LogP contribution >= 0.6 is 11.6 Å². The van der Waals surface area contributed by atoms with Gasteiger partial charge in [-0.2, -0.15) is 5.10 Å². The number of nitrogens with two attached hydrogens (primary N) is 1. The van der Waals surface area contributed by atoms with Gasteiger partial charge in [0, 0.05) is 36.2 Å². The Balaban J connectivity index is 1.94. The van der Waals surface area contributed by atoms with E-state index in [1.165, 1.54) is 0 Å². The third kappa shape index (κ3) is 2.33. The van der Waals surface area contributed by atoms with E-state index in [1.54, 1.807) is 4.68 Å². The minimum atomic E-state index is 0.412. The molecular weight excluding hydrogens is 262 g/mol. The van der Waals surface area contributed by atoms with E-state index in [-0.39, 0.29) is 0 Å². The first kappa shape index (κ1) is 12.5. The fraction of sp³-hybridized carbons (Fsp3) is 0.357. The average Bonchev–Trinajstić information content (AvgIpc) is 3.00. The van der Waals surface area contributed by atoms with E-state index < -0.39 is 0 Å². The minimum absolute atomic E-state index is 0.412. The van der Waals surface area contributed by atoms with Crippen LogP contribution in [-0.2, 0) is 11.8 Å². The van der Waals surface area contributed by atoms with Crippen molar-refractivity contribution in [2.75, 3.05) is 18.9 Å². The van der Waals surface area contributed by atoms with Crippen molar-refractivity contribution in [3.63, 3.8) is 0 Å². The smallest absolute Gasteiger partial charge is 0.121 e. The molecular formula is C14H16ClN3O. The van der Waals surface area contributed by atoms with Gasteiger partial charge in [0.2, 0.25) is 0 Å². The molecule has 4 nitrogen and oxygen atoms in total. The number of rotatable bonds is 2. The minimum Gasteiger partial charge on any atom is -0.384 e. The second kappa shape index (κ2) is 4.87. The molecule has 1 fully saturated rings. The third-order valence-corrected chi connectivity index (χ3v) is 3.91. The molecule has 1 aliphatic heterocycles. The molecule has 1 aliphatic rings. The Bertz CT molecular complexity index is 583. The van der Waals surface area contributed by atoms with Crippen molar-refractivity contribution in [3.05, 3.63) is 34.9 Å². The SMILES string of the molecule is Cn1nc(-c2ccc(C3CCOC3)c(Cl)c2)cc1N. The number of aryl methyl sites for hydroxylation is 1. The number of aromatic nitrogens is 2. The maximum Gasteiger partial charge on any atom is 0.121 e. The zero-order valence-corrected chi connectivity index (χ0v) is 11.5. The van der Waals surface area contributed by atoms with Gasteiger partial charge in [-0.3, -0.25) is 4.68 Å². The van der Waals surface area contributed by atoms with E-state index in [9.17, 15) is 0 Å². The molecule has 0 bridgehead atoms. The van der Waals surface area contributed by atoms with Gasteiger partial charge in [0.25, 0.3) is 0 Å². The summed E-state index contributed by atoms with van der Waals surface area (Å²) in [5.41, 5.74) is 8.79. The summed E-state index contributed by atoms with van der Waals surface area (Å²) in [7, 11) is 1.82. The number of benzene rings is 1. The van der Waals surface area contributed by atoms with Gasteiger partial charge < -0.3 is 10.5 Å². The van der Waals surface area contributed by atoms with E-state index in [0.717, 1.165) is 41.5 Å². The first-order valence-corrected chi connectivity index (χ1v) is 6.70. The Morgan fingerprint density at radius 2 is 2.26 bits per heavy atom. The second-order valence-corrected chi connectivity index (χ2v) is 5.28. The predicted octanol–water partition coefficient (Wildman–Crippen LogP) is 2.83. The van der Waals surface area contributed by atoms with E-state index in [0.29, 0.717) is 11.7 Å². The van der Waals surface area contributed by atoms with E-state index in [4.69, 9.17) is 22.1 Å². The molecule has 100 valence electrons. The molecule has 1 aromatic heterocycles. The van der Waals surface area contributed by atoms with Crippen LogP contribution in [0.15, 0.2) is 24.3 Å². The molecule has 2 N–H and O–H groups in total. The van der Waals surface area contributed by atoms with Gasteiger partial charge in [-0.15, -0.1) is 0 Å². The lowest BCUT2D eigenvalue weighted by molar-refractivity contribution is 0.194. The first-order chi connectivity index (χ1) is 9.15. The van der Waals surface area contributed by atoms with Crippen LogP contribution in [0.4, 0.5) is 5.82 Å². The van der Waals surface area contributed by atoms with Gasteiger partial charge in [-0.25, -0.2) is 0 Å². The highest BCUT2D eigenvalue weighted by Crippen LogP contribution is 2.33. The molecule has 2 aromatic rings. The summed E-state index contributed by atoms with van der Waals surface area (Å²) >= 11 is 6.38. The summed E-state index contributed by atoms with van der Waals surface area (Å²) in [5.74, 6) is 1.05. The summed E-state index contributed by atoms with van der Waals surface area (Å²) in [6, 6.07) is 7.92. The topological polar surface area (TPSA) is 53.1 Å². The number of nitrogens with zero attached hydrogens (tertiary/aromatic N) is 2. The molecule has 1 saturated heterocycles. The Morgan fingerprint density at radius 1 is 1.42 bits per heavy atom. The standard InChI is InChI=1S/C14H16ClN3O/c1-18-14(16)7-13(17-18)9-2-3-11(12(15)6-9)10-4-5-19-8-10/h2-3,6-7,10H,4-5,8,16H2,1H3. The van der Waals surface area contributed by atoms with Crippen molar-refractivity contribution in [2.24, 2.45) is 7.05 Å². The molecule has 5 heteroatoms. The van der Waals surface area contributed by atoms with Crippen LogP contribution in [0.3, 0.4) is 0 Å². The largest absolute Gasteiger partial charge is 0.384 e. The summed E-state index contributed by atoms with van der Waals surface area (Å²) in [5, 5.41) is 5.13. The highest BCUT2D eigenvalue weighted by molar-refractivity contribution is 6.31. The Kier molecular flexibility index (Phi) is 3.21. The molecule has 19 heavy (non-hydrogen) atoms. The predicted molar refractivity (Wildman–Crippen MR) is 76.2 cm³/mol. The molecule has 0 saturated carbocycles. The highest BCUT2D eigenvalue weighted by Gasteiger charge is 2.20. The molecule has 0 spiro atoms. The maximum absolute atomic E-state index is 6.38.